The number of hydrogen-bond donors (Lipinski definition) is 0. The summed E-state index contributed by atoms with van der Waals surface area (Å²) in [5.74, 6) is 1.25. The second-order valence-electron chi connectivity index (χ2n) is 8.68. The van der Waals surface area contributed by atoms with Crippen molar-refractivity contribution in [1.82, 2.24) is 4.98 Å². The molecule has 2 aromatic carbocycles. The number of carbonyl (C=O) groups is 1. The van der Waals surface area contributed by atoms with Crippen molar-refractivity contribution in [3.63, 3.8) is 0 Å². The molecule has 0 aliphatic rings. The number of methoxy groups -OCH3 is 2. The van der Waals surface area contributed by atoms with Crippen LogP contribution >= 0.6 is 11.3 Å². The van der Waals surface area contributed by atoms with Crippen LogP contribution in [0.15, 0.2) is 30.3 Å². The molecule has 0 atom stereocenters. The lowest BCUT2D eigenvalue weighted by molar-refractivity contribution is 0.0491. The first-order valence-electron chi connectivity index (χ1n) is 11.0. The Labute approximate surface area is 204 Å². The Morgan fingerprint density at radius 2 is 1.88 bits per heavy atom. The summed E-state index contributed by atoms with van der Waals surface area (Å²) in [6, 6.07) is 9.71. The maximum atomic E-state index is 12.7. The van der Waals surface area contributed by atoms with E-state index in [0.29, 0.717) is 18.0 Å². The van der Waals surface area contributed by atoms with Crippen molar-refractivity contribution in [1.29, 1.82) is 0 Å². The standard InChI is InChI=1S/C26H32N2O5S/c1-8-28(25(29)33-26(3,4)5)20-15-23-19(13-17(20)2)27-24(34-23)12-10-18-9-11-21(32-16-30-6)22(14-18)31-7/h9-15H,8,16H2,1-7H3. The third kappa shape index (κ3) is 6.27. The number of hydrogen-bond acceptors (Lipinski definition) is 7. The van der Waals surface area contributed by atoms with Gasteiger partial charge in [-0.3, -0.25) is 4.90 Å². The van der Waals surface area contributed by atoms with Crippen LogP contribution in [-0.2, 0) is 9.47 Å². The molecule has 1 aromatic heterocycles. The van der Waals surface area contributed by atoms with Crippen molar-refractivity contribution in [3.05, 3.63) is 46.5 Å². The van der Waals surface area contributed by atoms with E-state index in [4.69, 9.17) is 23.9 Å². The van der Waals surface area contributed by atoms with E-state index in [2.05, 4.69) is 0 Å². The van der Waals surface area contributed by atoms with E-state index in [1.54, 1.807) is 30.5 Å². The van der Waals surface area contributed by atoms with Gasteiger partial charge in [0, 0.05) is 13.7 Å². The number of benzene rings is 2. The van der Waals surface area contributed by atoms with Gasteiger partial charge in [0.1, 0.15) is 10.6 Å². The monoisotopic (exact) mass is 484 g/mol. The molecular formula is C26H32N2O5S. The molecule has 0 N–H and O–H groups in total. The lowest BCUT2D eigenvalue weighted by atomic mass is 10.1. The first-order valence-corrected chi connectivity index (χ1v) is 11.9. The molecule has 0 spiro atoms. The first-order chi connectivity index (χ1) is 16.1. The highest BCUT2D eigenvalue weighted by molar-refractivity contribution is 7.19. The number of carbonyl (C=O) groups excluding carboxylic acids is 1. The number of ether oxygens (including phenoxy) is 4. The van der Waals surface area contributed by atoms with Gasteiger partial charge < -0.3 is 18.9 Å². The quantitative estimate of drug-likeness (QED) is 0.339. The van der Waals surface area contributed by atoms with E-state index in [0.717, 1.165) is 32.0 Å². The zero-order valence-electron chi connectivity index (χ0n) is 20.8. The van der Waals surface area contributed by atoms with Crippen LogP contribution in [-0.4, -0.2) is 44.2 Å². The van der Waals surface area contributed by atoms with Crippen molar-refractivity contribution in [3.8, 4) is 11.5 Å². The summed E-state index contributed by atoms with van der Waals surface area (Å²) in [7, 11) is 3.18. The molecule has 182 valence electrons. The van der Waals surface area contributed by atoms with Crippen LogP contribution in [0.25, 0.3) is 22.4 Å². The minimum Gasteiger partial charge on any atom is -0.493 e. The Hall–Kier alpha value is -3.10. The van der Waals surface area contributed by atoms with Gasteiger partial charge in [-0.15, -0.1) is 11.3 Å². The SMILES string of the molecule is CCN(C(=O)OC(C)(C)C)c1cc2sc(C=Cc3ccc(OCOC)c(OC)c3)nc2cc1C. The third-order valence-electron chi connectivity index (χ3n) is 4.88. The van der Waals surface area contributed by atoms with Gasteiger partial charge >= 0.3 is 6.09 Å². The Balaban J connectivity index is 1.86. The molecule has 34 heavy (non-hydrogen) atoms. The van der Waals surface area contributed by atoms with Gasteiger partial charge in [0.25, 0.3) is 0 Å². The normalized spacial score (nSPS) is 11.7. The average molecular weight is 485 g/mol. The highest BCUT2D eigenvalue weighted by Crippen LogP contribution is 2.33. The lowest BCUT2D eigenvalue weighted by Crippen LogP contribution is -2.37. The van der Waals surface area contributed by atoms with Crippen LogP contribution in [0, 0.1) is 6.92 Å². The van der Waals surface area contributed by atoms with Gasteiger partial charge in [-0.2, -0.15) is 0 Å². The predicted octanol–water partition coefficient (Wildman–Crippen LogP) is 6.53. The molecule has 0 bridgehead atoms. The Kier molecular flexibility index (Phi) is 8.17. The van der Waals surface area contributed by atoms with Crippen molar-refractivity contribution < 1.29 is 23.7 Å². The number of thiazole rings is 1. The lowest BCUT2D eigenvalue weighted by Gasteiger charge is -2.27. The summed E-state index contributed by atoms with van der Waals surface area (Å²) in [6.07, 6.45) is 3.59. The highest BCUT2D eigenvalue weighted by atomic mass is 32.1. The topological polar surface area (TPSA) is 70.1 Å². The fraction of sp³-hybridized carbons (Fsp3) is 0.385. The summed E-state index contributed by atoms with van der Waals surface area (Å²) in [6.45, 7) is 10.2. The van der Waals surface area contributed by atoms with Crippen LogP contribution in [0.5, 0.6) is 11.5 Å². The molecule has 0 saturated carbocycles. The summed E-state index contributed by atoms with van der Waals surface area (Å²) in [4.78, 5) is 19.1. The summed E-state index contributed by atoms with van der Waals surface area (Å²) in [5.41, 5.74) is 3.10. The van der Waals surface area contributed by atoms with Gasteiger partial charge in [-0.25, -0.2) is 9.78 Å². The number of amides is 1. The van der Waals surface area contributed by atoms with Crippen LogP contribution in [0.1, 0.15) is 43.8 Å². The van der Waals surface area contributed by atoms with Gasteiger partial charge in [-0.05, 0) is 76.1 Å². The minimum atomic E-state index is -0.554. The van der Waals surface area contributed by atoms with Crippen molar-refractivity contribution in [2.24, 2.45) is 0 Å². The summed E-state index contributed by atoms with van der Waals surface area (Å²) >= 11 is 1.57. The largest absolute Gasteiger partial charge is 0.493 e. The number of anilines is 1. The fourth-order valence-corrected chi connectivity index (χ4v) is 4.24. The summed E-state index contributed by atoms with van der Waals surface area (Å²) in [5, 5.41) is 0.866. The maximum Gasteiger partial charge on any atom is 0.414 e. The molecule has 0 fully saturated rings. The number of nitrogens with zero attached hydrogens (tertiary/aromatic N) is 2. The van der Waals surface area contributed by atoms with Gasteiger partial charge in [0.05, 0.1) is 23.0 Å². The number of rotatable bonds is 8. The molecule has 3 rings (SSSR count). The molecule has 7 nitrogen and oxygen atoms in total. The third-order valence-corrected chi connectivity index (χ3v) is 5.87. The van der Waals surface area contributed by atoms with E-state index in [1.807, 2.05) is 77.1 Å². The molecule has 0 unspecified atom stereocenters. The zero-order chi connectivity index (χ0) is 24.9. The molecular weight excluding hydrogens is 452 g/mol. The molecule has 0 saturated heterocycles. The zero-order valence-corrected chi connectivity index (χ0v) is 21.6. The molecule has 8 heteroatoms. The number of aromatic nitrogens is 1. The highest BCUT2D eigenvalue weighted by Gasteiger charge is 2.24. The van der Waals surface area contributed by atoms with Crippen LogP contribution in [0.2, 0.25) is 0 Å². The molecule has 0 radical (unpaired) electrons. The maximum absolute atomic E-state index is 12.7. The second kappa shape index (κ2) is 10.9. The minimum absolute atomic E-state index is 0.155. The van der Waals surface area contributed by atoms with Crippen molar-refractivity contribution in [2.45, 2.75) is 40.2 Å². The fourth-order valence-electron chi connectivity index (χ4n) is 3.36. The molecule has 0 aliphatic carbocycles. The van der Waals surface area contributed by atoms with E-state index in [-0.39, 0.29) is 12.9 Å². The predicted molar refractivity (Wildman–Crippen MR) is 138 cm³/mol. The molecule has 1 amide bonds. The van der Waals surface area contributed by atoms with Gasteiger partial charge in [0.15, 0.2) is 18.3 Å². The Bertz CT molecular complexity index is 1180. The Morgan fingerprint density at radius 3 is 2.53 bits per heavy atom. The van der Waals surface area contributed by atoms with Crippen molar-refractivity contribution in [2.75, 3.05) is 32.5 Å². The van der Waals surface area contributed by atoms with E-state index >= 15 is 0 Å². The second-order valence-corrected chi connectivity index (χ2v) is 9.74. The average Bonchev–Trinajstić information content (AvgIpc) is 3.17. The first kappa shape index (κ1) is 25.5. The van der Waals surface area contributed by atoms with Gasteiger partial charge in [-0.1, -0.05) is 12.1 Å². The molecule has 3 aromatic rings. The molecule has 0 aliphatic heterocycles. The van der Waals surface area contributed by atoms with Crippen LogP contribution < -0.4 is 14.4 Å². The smallest absolute Gasteiger partial charge is 0.414 e. The van der Waals surface area contributed by atoms with E-state index in [1.165, 1.54) is 0 Å². The Morgan fingerprint density at radius 1 is 1.12 bits per heavy atom. The molecule has 1 heterocycles. The van der Waals surface area contributed by atoms with Crippen LogP contribution in [0.4, 0.5) is 10.5 Å². The van der Waals surface area contributed by atoms with Gasteiger partial charge in [0.2, 0.25) is 0 Å². The van der Waals surface area contributed by atoms with E-state index < -0.39 is 5.60 Å². The summed E-state index contributed by atoms with van der Waals surface area (Å²) < 4.78 is 22.5. The number of aryl methyl sites for hydroxylation is 1. The van der Waals surface area contributed by atoms with Crippen LogP contribution in [0.3, 0.4) is 0 Å². The van der Waals surface area contributed by atoms with E-state index in [9.17, 15) is 4.79 Å². The number of fused-ring (bicyclic) bond motifs is 1. The van der Waals surface area contributed by atoms with Crippen molar-refractivity contribution >= 4 is 45.5 Å².